The van der Waals surface area contributed by atoms with Crippen LogP contribution in [-0.2, 0) is 13.0 Å². The number of carbonyl (C=O) groups is 1. The second-order valence-corrected chi connectivity index (χ2v) is 8.94. The van der Waals surface area contributed by atoms with Crippen LogP contribution in [-0.4, -0.2) is 32.9 Å². The first-order chi connectivity index (χ1) is 17.4. The molecule has 2 aromatic carbocycles. The van der Waals surface area contributed by atoms with Gasteiger partial charge in [0.1, 0.15) is 5.82 Å². The number of pyridine rings is 1. The summed E-state index contributed by atoms with van der Waals surface area (Å²) in [6.45, 7) is 1.99. The van der Waals surface area contributed by atoms with E-state index in [4.69, 9.17) is 22.1 Å². The zero-order valence-electron chi connectivity index (χ0n) is 19.7. The molecule has 36 heavy (non-hydrogen) atoms. The Hall–Kier alpha value is -4.04. The van der Waals surface area contributed by atoms with Gasteiger partial charge < -0.3 is 15.4 Å². The van der Waals surface area contributed by atoms with E-state index < -0.39 is 11.9 Å². The first-order valence-electron chi connectivity index (χ1n) is 11.3. The number of amides is 1. The second-order valence-electron chi connectivity index (χ2n) is 8.53. The number of methoxy groups -OCH3 is 1. The Kier molecular flexibility index (Phi) is 6.28. The molecule has 2 aromatic heterocycles. The average Bonchev–Trinajstić information content (AvgIpc) is 2.86. The number of nitrogens with zero attached hydrogens (tertiary/aromatic N) is 4. The number of aromatic nitrogens is 3. The van der Waals surface area contributed by atoms with Crippen LogP contribution in [0.2, 0.25) is 5.02 Å². The van der Waals surface area contributed by atoms with Crippen LogP contribution >= 0.6 is 11.6 Å². The summed E-state index contributed by atoms with van der Waals surface area (Å²) in [5.74, 6) is -0.156. The Labute approximate surface area is 212 Å². The van der Waals surface area contributed by atoms with Crippen molar-refractivity contribution in [1.29, 1.82) is 0 Å². The van der Waals surface area contributed by atoms with Gasteiger partial charge in [-0.3, -0.25) is 4.79 Å². The molecular formula is C27H23ClFN5O2. The number of ether oxygens (including phenoxy) is 1. The zero-order chi connectivity index (χ0) is 25.4. The molecule has 0 saturated carbocycles. The van der Waals surface area contributed by atoms with Gasteiger partial charge in [0.25, 0.3) is 5.91 Å². The van der Waals surface area contributed by atoms with Gasteiger partial charge in [0.05, 0.1) is 35.8 Å². The molecule has 3 heterocycles. The quantitative estimate of drug-likeness (QED) is 0.404. The molecule has 5 rings (SSSR count). The first-order valence-corrected chi connectivity index (χ1v) is 11.7. The summed E-state index contributed by atoms with van der Waals surface area (Å²) in [5, 5.41) is 0.550. The van der Waals surface area contributed by atoms with E-state index in [1.54, 1.807) is 42.2 Å². The van der Waals surface area contributed by atoms with E-state index in [1.165, 1.54) is 19.2 Å². The maximum Gasteiger partial charge on any atom is 0.258 e. The normalized spacial score (nSPS) is 15.1. The van der Waals surface area contributed by atoms with Gasteiger partial charge in [-0.15, -0.1) is 0 Å². The number of aryl methyl sites for hydroxylation is 1. The minimum Gasteiger partial charge on any atom is -0.481 e. The maximum atomic E-state index is 14.5. The minimum absolute atomic E-state index is 0.103. The number of halogens is 2. The van der Waals surface area contributed by atoms with Crippen molar-refractivity contribution in [1.82, 2.24) is 19.9 Å². The largest absolute Gasteiger partial charge is 0.481 e. The fourth-order valence-corrected chi connectivity index (χ4v) is 4.84. The standard InChI is InChI=1S/C27H23ClFN5O2/c1-15-25-22(33-27(30)31-15)13-23(34(26(25)35)14-16-6-3-4-7-20(16)28)18-11-10-17(29)12-19(18)21-8-5-9-24(32-21)36-2/h3-12,23H,13-14H2,1-2H3,(H2,30,31,33)/t23-/m1/s1. The first kappa shape index (κ1) is 23.7. The zero-order valence-corrected chi connectivity index (χ0v) is 20.5. The van der Waals surface area contributed by atoms with Crippen molar-refractivity contribution >= 4 is 23.5 Å². The highest BCUT2D eigenvalue weighted by atomic mass is 35.5. The molecular weight excluding hydrogens is 481 g/mol. The van der Waals surface area contributed by atoms with E-state index in [2.05, 4.69) is 15.0 Å². The summed E-state index contributed by atoms with van der Waals surface area (Å²) in [6, 6.07) is 16.7. The molecule has 0 saturated heterocycles. The van der Waals surface area contributed by atoms with E-state index in [1.807, 2.05) is 18.2 Å². The predicted octanol–water partition coefficient (Wildman–Crippen LogP) is 5.17. The van der Waals surface area contributed by atoms with Crippen LogP contribution in [0.1, 0.15) is 38.9 Å². The highest BCUT2D eigenvalue weighted by molar-refractivity contribution is 6.31. The Morgan fingerprint density at radius 1 is 1.11 bits per heavy atom. The van der Waals surface area contributed by atoms with E-state index in [-0.39, 0.29) is 18.4 Å². The minimum atomic E-state index is -0.487. The number of fused-ring (bicyclic) bond motifs is 1. The van der Waals surface area contributed by atoms with Crippen LogP contribution in [0, 0.1) is 12.7 Å². The number of anilines is 1. The van der Waals surface area contributed by atoms with Gasteiger partial charge in [0, 0.05) is 29.6 Å². The van der Waals surface area contributed by atoms with Crippen molar-refractivity contribution in [3.63, 3.8) is 0 Å². The molecule has 182 valence electrons. The van der Waals surface area contributed by atoms with Gasteiger partial charge in [0.15, 0.2) is 0 Å². The maximum absolute atomic E-state index is 14.5. The van der Waals surface area contributed by atoms with E-state index in [0.717, 1.165) is 11.1 Å². The number of rotatable bonds is 5. The van der Waals surface area contributed by atoms with Crippen LogP contribution in [0.4, 0.5) is 10.3 Å². The predicted molar refractivity (Wildman–Crippen MR) is 135 cm³/mol. The van der Waals surface area contributed by atoms with Crippen LogP contribution in [0.25, 0.3) is 11.3 Å². The molecule has 0 unspecified atom stereocenters. The highest BCUT2D eigenvalue weighted by Gasteiger charge is 2.37. The Morgan fingerprint density at radius 3 is 2.69 bits per heavy atom. The lowest BCUT2D eigenvalue weighted by molar-refractivity contribution is 0.0625. The molecule has 1 atom stereocenters. The van der Waals surface area contributed by atoms with Gasteiger partial charge in [-0.25, -0.2) is 19.3 Å². The van der Waals surface area contributed by atoms with Crippen molar-refractivity contribution in [2.75, 3.05) is 12.8 Å². The lowest BCUT2D eigenvalue weighted by Gasteiger charge is -2.38. The monoisotopic (exact) mass is 503 g/mol. The van der Waals surface area contributed by atoms with E-state index in [9.17, 15) is 9.18 Å². The molecule has 0 radical (unpaired) electrons. The summed E-state index contributed by atoms with van der Waals surface area (Å²) >= 11 is 6.47. The molecule has 7 nitrogen and oxygen atoms in total. The van der Waals surface area contributed by atoms with Crippen molar-refractivity contribution < 1.29 is 13.9 Å². The molecule has 0 aliphatic carbocycles. The van der Waals surface area contributed by atoms with Crippen molar-refractivity contribution in [2.45, 2.75) is 25.9 Å². The fraction of sp³-hybridized carbons (Fsp3) is 0.185. The molecule has 1 amide bonds. The van der Waals surface area contributed by atoms with Gasteiger partial charge in [0.2, 0.25) is 11.8 Å². The molecule has 9 heteroatoms. The summed E-state index contributed by atoms with van der Waals surface area (Å²) in [6.07, 6.45) is 0.363. The number of carbonyl (C=O) groups excluding carboxylic acids is 1. The third kappa shape index (κ3) is 4.35. The number of hydrogen-bond donors (Lipinski definition) is 1. The number of nitrogen functional groups attached to an aromatic ring is 1. The number of nitrogens with two attached hydrogens (primary N) is 1. The Balaban J connectivity index is 1.69. The van der Waals surface area contributed by atoms with E-state index in [0.29, 0.717) is 45.5 Å². The van der Waals surface area contributed by atoms with Crippen molar-refractivity contribution in [2.24, 2.45) is 0 Å². The molecule has 2 N–H and O–H groups in total. The number of hydrogen-bond acceptors (Lipinski definition) is 6. The third-order valence-electron chi connectivity index (χ3n) is 6.30. The van der Waals surface area contributed by atoms with Crippen molar-refractivity contribution in [3.05, 3.63) is 99.6 Å². The Morgan fingerprint density at radius 2 is 1.92 bits per heavy atom. The molecule has 0 bridgehead atoms. The summed E-state index contributed by atoms with van der Waals surface area (Å²) in [7, 11) is 1.52. The molecule has 1 aliphatic heterocycles. The van der Waals surface area contributed by atoms with Crippen LogP contribution < -0.4 is 10.5 Å². The highest BCUT2D eigenvalue weighted by Crippen LogP contribution is 2.40. The summed E-state index contributed by atoms with van der Waals surface area (Å²) in [5.41, 5.74) is 10.0. The topological polar surface area (TPSA) is 94.2 Å². The molecule has 1 aliphatic rings. The van der Waals surface area contributed by atoms with E-state index >= 15 is 0 Å². The summed E-state index contributed by atoms with van der Waals surface area (Å²) < 4.78 is 19.8. The lowest BCUT2D eigenvalue weighted by atomic mass is 9.88. The molecule has 4 aromatic rings. The van der Waals surface area contributed by atoms with Gasteiger partial charge in [-0.2, -0.15) is 0 Å². The lowest BCUT2D eigenvalue weighted by Crippen LogP contribution is -2.41. The third-order valence-corrected chi connectivity index (χ3v) is 6.67. The molecule has 0 fully saturated rings. The SMILES string of the molecule is COc1cccc(-c2cc(F)ccc2[C@H]2Cc3nc(N)nc(C)c3C(=O)N2Cc2ccccc2Cl)n1. The Bertz CT molecular complexity index is 1480. The van der Waals surface area contributed by atoms with Crippen LogP contribution in [0.15, 0.2) is 60.7 Å². The summed E-state index contributed by atoms with van der Waals surface area (Å²) in [4.78, 5) is 28.8. The smallest absolute Gasteiger partial charge is 0.258 e. The van der Waals surface area contributed by atoms with Crippen molar-refractivity contribution in [3.8, 4) is 17.1 Å². The second kappa shape index (κ2) is 9.54. The van der Waals surface area contributed by atoms with Crippen LogP contribution in [0.3, 0.4) is 0 Å². The van der Waals surface area contributed by atoms with Gasteiger partial charge in [-0.1, -0.05) is 41.9 Å². The fourth-order valence-electron chi connectivity index (χ4n) is 4.65. The van der Waals surface area contributed by atoms with Gasteiger partial charge in [-0.05, 0) is 42.3 Å². The average molecular weight is 504 g/mol. The number of benzene rings is 2. The van der Waals surface area contributed by atoms with Gasteiger partial charge >= 0.3 is 0 Å². The molecule has 0 spiro atoms. The van der Waals surface area contributed by atoms with Crippen LogP contribution in [0.5, 0.6) is 5.88 Å².